The van der Waals surface area contributed by atoms with Crippen LogP contribution in [0.5, 0.6) is 0 Å². The van der Waals surface area contributed by atoms with Crippen LogP contribution >= 0.6 is 0 Å². The first-order valence-electron chi connectivity index (χ1n) is 13.5. The molecule has 0 aromatic carbocycles. The SMILES string of the molecule is CCOC(=O)C=CCOC1CC[C@@]2(C)C(CC[C@@H]3[C@H]2CC[C@]2(C)C(c4ccoc4)CC[C@@]32O)C1. The van der Waals surface area contributed by atoms with Crippen molar-refractivity contribution in [3.63, 3.8) is 0 Å². The highest BCUT2D eigenvalue weighted by Gasteiger charge is 2.67. The molecule has 0 aliphatic heterocycles. The molecule has 1 aromatic rings. The van der Waals surface area contributed by atoms with Crippen molar-refractivity contribution in [2.24, 2.45) is 28.6 Å². The lowest BCUT2D eigenvalue weighted by molar-refractivity contribution is -0.206. The Kier molecular flexibility index (Phi) is 6.48. The summed E-state index contributed by atoms with van der Waals surface area (Å²) in [5, 5.41) is 12.3. The quantitative estimate of drug-likeness (QED) is 0.406. The second-order valence-corrected chi connectivity index (χ2v) is 11.9. The van der Waals surface area contributed by atoms with Gasteiger partial charge in [0, 0.05) is 11.5 Å². The average Bonchev–Trinajstić information content (AvgIpc) is 3.43. The van der Waals surface area contributed by atoms with Crippen LogP contribution in [-0.2, 0) is 14.3 Å². The molecule has 1 N–H and O–H groups in total. The van der Waals surface area contributed by atoms with E-state index in [0.29, 0.717) is 36.9 Å². The summed E-state index contributed by atoms with van der Waals surface area (Å²) in [7, 11) is 0. The van der Waals surface area contributed by atoms with Crippen LogP contribution in [0.4, 0.5) is 0 Å². The zero-order valence-corrected chi connectivity index (χ0v) is 21.1. The number of furan rings is 1. The third-order valence-electron chi connectivity index (χ3n) is 10.7. The first-order valence-corrected chi connectivity index (χ1v) is 13.5. The molecule has 0 spiro atoms. The summed E-state index contributed by atoms with van der Waals surface area (Å²) in [6, 6.07) is 2.11. The number of fused-ring (bicyclic) bond motifs is 5. The number of carbonyl (C=O) groups is 1. The lowest BCUT2D eigenvalue weighted by atomic mass is 9.43. The van der Waals surface area contributed by atoms with E-state index in [2.05, 4.69) is 19.9 Å². The molecule has 1 heterocycles. The van der Waals surface area contributed by atoms with E-state index >= 15 is 0 Å². The summed E-state index contributed by atoms with van der Waals surface area (Å²) >= 11 is 0. The van der Waals surface area contributed by atoms with Gasteiger partial charge in [-0.3, -0.25) is 0 Å². The van der Waals surface area contributed by atoms with Gasteiger partial charge >= 0.3 is 5.97 Å². The van der Waals surface area contributed by atoms with E-state index in [0.717, 1.165) is 38.5 Å². The lowest BCUT2D eigenvalue weighted by Gasteiger charge is -2.63. The minimum atomic E-state index is -0.572. The van der Waals surface area contributed by atoms with Gasteiger partial charge in [-0.2, -0.15) is 0 Å². The fourth-order valence-corrected chi connectivity index (χ4v) is 8.87. The average molecular weight is 471 g/mol. The number of ether oxygens (including phenoxy) is 2. The Bertz CT molecular complexity index is 892. The van der Waals surface area contributed by atoms with E-state index in [4.69, 9.17) is 13.9 Å². The minimum Gasteiger partial charge on any atom is -0.472 e. The second kappa shape index (κ2) is 9.13. The van der Waals surface area contributed by atoms with Gasteiger partial charge in [0.05, 0.1) is 37.4 Å². The predicted molar refractivity (Wildman–Crippen MR) is 130 cm³/mol. The molecule has 4 aliphatic rings. The van der Waals surface area contributed by atoms with Crippen molar-refractivity contribution in [1.82, 2.24) is 0 Å². The fourth-order valence-electron chi connectivity index (χ4n) is 8.87. The maximum absolute atomic E-state index is 12.3. The predicted octanol–water partition coefficient (Wildman–Crippen LogP) is 6.03. The van der Waals surface area contributed by atoms with Crippen molar-refractivity contribution in [3.05, 3.63) is 36.3 Å². The van der Waals surface area contributed by atoms with Crippen molar-refractivity contribution >= 4 is 5.97 Å². The summed E-state index contributed by atoms with van der Waals surface area (Å²) in [6.45, 7) is 7.54. The van der Waals surface area contributed by atoms with Crippen LogP contribution in [0.2, 0.25) is 0 Å². The van der Waals surface area contributed by atoms with Crippen LogP contribution in [0.3, 0.4) is 0 Å². The Morgan fingerprint density at radius 1 is 1.15 bits per heavy atom. The van der Waals surface area contributed by atoms with Gasteiger partial charge in [-0.05, 0) is 105 Å². The second-order valence-electron chi connectivity index (χ2n) is 11.9. The smallest absolute Gasteiger partial charge is 0.330 e. The number of aliphatic hydroxyl groups is 1. The summed E-state index contributed by atoms with van der Waals surface area (Å²) < 4.78 is 16.5. The lowest BCUT2D eigenvalue weighted by Crippen LogP contribution is -2.62. The molecule has 4 aliphatic carbocycles. The van der Waals surface area contributed by atoms with Crippen LogP contribution < -0.4 is 0 Å². The Balaban J connectivity index is 1.25. The molecule has 34 heavy (non-hydrogen) atoms. The number of hydrogen-bond acceptors (Lipinski definition) is 5. The van der Waals surface area contributed by atoms with E-state index in [9.17, 15) is 9.90 Å². The van der Waals surface area contributed by atoms with Crippen molar-refractivity contribution in [3.8, 4) is 0 Å². The monoisotopic (exact) mass is 470 g/mol. The molecule has 5 heteroatoms. The van der Waals surface area contributed by atoms with E-state index in [1.807, 2.05) is 13.2 Å². The highest BCUT2D eigenvalue weighted by Crippen LogP contribution is 2.70. The van der Waals surface area contributed by atoms with Crippen LogP contribution in [-0.4, -0.2) is 36.0 Å². The highest BCUT2D eigenvalue weighted by molar-refractivity contribution is 5.81. The van der Waals surface area contributed by atoms with Gasteiger partial charge in [-0.1, -0.05) is 19.9 Å². The molecule has 0 bridgehead atoms. The van der Waals surface area contributed by atoms with Crippen LogP contribution in [0.25, 0.3) is 0 Å². The summed E-state index contributed by atoms with van der Waals surface area (Å²) in [6.07, 6.45) is 17.1. The standard InChI is InChI=1S/C29H42O5/c1-4-33-26(30)6-5-16-34-22-9-13-27(2)21(18-22)7-8-25-24(27)10-14-28(3)23(11-15-29(25,28)31)20-12-17-32-19-20/h5-6,12,17,19,21-25,31H,4,7-11,13-16,18H2,1-3H3/t21?,22?,23?,24-,25-,27+,28-,29-/m1/s1. The van der Waals surface area contributed by atoms with Crippen LogP contribution in [0.1, 0.15) is 90.0 Å². The maximum atomic E-state index is 12.3. The molecule has 8 atom stereocenters. The molecule has 5 nitrogen and oxygen atoms in total. The van der Waals surface area contributed by atoms with E-state index < -0.39 is 5.60 Å². The molecule has 188 valence electrons. The first kappa shape index (κ1) is 24.1. The number of rotatable bonds is 6. The number of esters is 1. The minimum absolute atomic E-state index is 0.0627. The maximum Gasteiger partial charge on any atom is 0.330 e. The molecule has 0 saturated heterocycles. The Labute approximate surface area is 204 Å². The van der Waals surface area contributed by atoms with Crippen molar-refractivity contribution in [2.75, 3.05) is 13.2 Å². The zero-order valence-electron chi connectivity index (χ0n) is 21.1. The van der Waals surface area contributed by atoms with E-state index in [1.165, 1.54) is 30.9 Å². The summed E-state index contributed by atoms with van der Waals surface area (Å²) in [4.78, 5) is 11.5. The molecular formula is C29H42O5. The Morgan fingerprint density at radius 3 is 2.76 bits per heavy atom. The Hall–Kier alpha value is -1.59. The van der Waals surface area contributed by atoms with E-state index in [1.54, 1.807) is 12.3 Å². The molecule has 0 radical (unpaired) electrons. The van der Waals surface area contributed by atoms with Gasteiger partial charge in [0.2, 0.25) is 0 Å². The van der Waals surface area contributed by atoms with Gasteiger partial charge in [0.1, 0.15) is 0 Å². The van der Waals surface area contributed by atoms with E-state index in [-0.39, 0.29) is 22.9 Å². The molecule has 5 rings (SSSR count). The molecule has 4 saturated carbocycles. The van der Waals surface area contributed by atoms with Gasteiger partial charge < -0.3 is 19.0 Å². The van der Waals surface area contributed by atoms with Crippen LogP contribution in [0.15, 0.2) is 35.2 Å². The molecular weight excluding hydrogens is 428 g/mol. The van der Waals surface area contributed by atoms with Gasteiger partial charge in [-0.25, -0.2) is 4.79 Å². The normalized spacial score (nSPS) is 43.8. The van der Waals surface area contributed by atoms with Crippen molar-refractivity contribution in [2.45, 2.75) is 96.2 Å². The molecule has 4 fully saturated rings. The highest BCUT2D eigenvalue weighted by atomic mass is 16.5. The first-order chi connectivity index (χ1) is 16.3. The van der Waals surface area contributed by atoms with Crippen molar-refractivity contribution in [1.29, 1.82) is 0 Å². The fraction of sp³-hybridized carbons (Fsp3) is 0.759. The third kappa shape index (κ3) is 3.78. The van der Waals surface area contributed by atoms with Gasteiger partial charge in [0.15, 0.2) is 0 Å². The number of carbonyl (C=O) groups excluding carboxylic acids is 1. The molecule has 3 unspecified atom stereocenters. The van der Waals surface area contributed by atoms with Gasteiger partial charge in [-0.15, -0.1) is 0 Å². The summed E-state index contributed by atoms with van der Waals surface area (Å²) in [5.41, 5.74) is 0.921. The largest absolute Gasteiger partial charge is 0.472 e. The number of hydrogen-bond donors (Lipinski definition) is 1. The third-order valence-corrected chi connectivity index (χ3v) is 10.7. The zero-order chi connectivity index (χ0) is 24.0. The van der Waals surface area contributed by atoms with Crippen molar-refractivity contribution < 1.29 is 23.8 Å². The van der Waals surface area contributed by atoms with Crippen LogP contribution in [0, 0.1) is 28.6 Å². The summed E-state index contributed by atoms with van der Waals surface area (Å²) in [5.74, 6) is 1.74. The van der Waals surface area contributed by atoms with Gasteiger partial charge in [0.25, 0.3) is 0 Å². The molecule has 0 amide bonds. The topological polar surface area (TPSA) is 68.9 Å². The Morgan fingerprint density at radius 2 is 2.00 bits per heavy atom. The molecule has 1 aromatic heterocycles.